The minimum atomic E-state index is -1.70. The van der Waals surface area contributed by atoms with E-state index in [1.165, 1.54) is 19.9 Å². The van der Waals surface area contributed by atoms with Gasteiger partial charge in [-0.05, 0) is 82.8 Å². The Hall–Kier alpha value is -4.15. The number of nitrogens with one attached hydrogen (secondary N) is 5. The fourth-order valence-electron chi connectivity index (χ4n) is 12.9. The van der Waals surface area contributed by atoms with Gasteiger partial charge in [0.1, 0.15) is 31.5 Å². The van der Waals surface area contributed by atoms with Crippen LogP contribution in [0, 0.1) is 28.6 Å². The number of methoxy groups -OCH3 is 1. The summed E-state index contributed by atoms with van der Waals surface area (Å²) in [5, 5.41) is 25.2. The van der Waals surface area contributed by atoms with Gasteiger partial charge in [-0.15, -0.1) is 11.6 Å². The molecule has 0 heterocycles. The number of allylic oxidation sites excluding steroid dienone is 4. The number of carbonyl (C=O) groups excluding carboxylic acids is 8. The van der Waals surface area contributed by atoms with Crippen LogP contribution in [0.2, 0.25) is 0 Å². The molecule has 2 unspecified atom stereocenters. The summed E-state index contributed by atoms with van der Waals surface area (Å²) in [4.78, 5) is 104. The van der Waals surface area contributed by atoms with Gasteiger partial charge >= 0.3 is 5.97 Å². The smallest absolute Gasteiger partial charge is 0.306 e. The number of carbonyl (C=O) groups is 8. The van der Waals surface area contributed by atoms with Gasteiger partial charge in [-0.2, -0.15) is 0 Å². The van der Waals surface area contributed by atoms with E-state index >= 15 is 0 Å². The Morgan fingerprint density at radius 1 is 0.635 bits per heavy atom. The molecule has 0 aromatic heterocycles. The first kappa shape index (κ1) is 84.3. The molecule has 0 aromatic rings. The van der Waals surface area contributed by atoms with Crippen LogP contribution in [0.15, 0.2) is 23.8 Å². The fraction of sp³-hybridized carbons (Fsp3) is 0.818. The van der Waals surface area contributed by atoms with Crippen LogP contribution < -0.4 is 26.6 Å². The van der Waals surface area contributed by atoms with Crippen LogP contribution in [0.25, 0.3) is 0 Å². The molecule has 5 amide bonds. The highest BCUT2D eigenvalue weighted by atomic mass is 79.9. The molecule has 30 heteroatoms. The second-order valence-corrected chi connectivity index (χ2v) is 25.6. The number of unbranched alkanes of at least 4 members (excludes halogenated alkanes) is 1. The minimum Gasteiger partial charge on any atom is -0.450 e. The van der Waals surface area contributed by atoms with E-state index in [-0.39, 0.29) is 61.1 Å². The number of ketones is 2. The molecule has 550 valence electrons. The Morgan fingerprint density at radius 2 is 1.11 bits per heavy atom. The number of alkyl halides is 2. The lowest BCUT2D eigenvalue weighted by molar-refractivity contribution is -0.203. The number of amides is 5. The van der Waals surface area contributed by atoms with E-state index in [2.05, 4.69) is 42.5 Å². The third-order valence-electron chi connectivity index (χ3n) is 17.9. The molecule has 0 radical (unpaired) electrons. The van der Waals surface area contributed by atoms with Crippen molar-refractivity contribution in [1.82, 2.24) is 26.6 Å². The molecule has 0 aliphatic heterocycles. The second kappa shape index (κ2) is 46.3. The molecule has 3 fully saturated rings. The summed E-state index contributed by atoms with van der Waals surface area (Å²) >= 11 is 10.7. The van der Waals surface area contributed by atoms with Crippen LogP contribution in [-0.4, -0.2) is 271 Å². The topological polar surface area (TPSA) is 346 Å². The summed E-state index contributed by atoms with van der Waals surface area (Å²) in [5.41, 5.74) is -2.73. The van der Waals surface area contributed by atoms with Crippen LogP contribution in [0.3, 0.4) is 0 Å². The summed E-state index contributed by atoms with van der Waals surface area (Å²) in [7, 11) is 1.63. The largest absolute Gasteiger partial charge is 0.450 e. The number of hydrogen-bond donors (Lipinski definition) is 6. The zero-order valence-electron chi connectivity index (χ0n) is 57.4. The maximum atomic E-state index is 14.6. The molecule has 0 saturated heterocycles. The van der Waals surface area contributed by atoms with Crippen LogP contribution >= 0.6 is 27.5 Å². The van der Waals surface area contributed by atoms with Crippen molar-refractivity contribution in [3.05, 3.63) is 23.8 Å². The number of halogens is 2. The minimum absolute atomic E-state index is 0.00434. The summed E-state index contributed by atoms with van der Waals surface area (Å²) in [6.45, 7) is 19.6. The number of aliphatic hydroxyl groups is 1. The summed E-state index contributed by atoms with van der Waals surface area (Å²) in [6.07, 6.45) is 6.63. The average molecular weight is 1460 g/mol. The lowest BCUT2D eigenvalue weighted by Gasteiger charge is -2.64. The molecule has 6 N–H and O–H groups in total. The predicted octanol–water partition coefficient (Wildman–Crippen LogP) is 2.62. The molecule has 4 aliphatic rings. The van der Waals surface area contributed by atoms with Crippen LogP contribution in [0.5, 0.6) is 0 Å². The maximum absolute atomic E-state index is 14.6. The maximum Gasteiger partial charge on any atom is 0.306 e. The molecular formula is C66H109BrClN5O23. The van der Waals surface area contributed by atoms with Gasteiger partial charge in [-0.3, -0.25) is 38.4 Å². The quantitative estimate of drug-likeness (QED) is 0.0221. The van der Waals surface area contributed by atoms with Crippen molar-refractivity contribution in [2.75, 3.05) is 184 Å². The third kappa shape index (κ3) is 26.7. The molecule has 28 nitrogen and oxygen atoms in total. The van der Waals surface area contributed by atoms with Gasteiger partial charge < -0.3 is 98.0 Å². The van der Waals surface area contributed by atoms with Gasteiger partial charge in [0.15, 0.2) is 11.4 Å². The molecule has 4 rings (SSSR count). The second-order valence-electron chi connectivity index (χ2n) is 24.5. The fourth-order valence-corrected chi connectivity index (χ4v) is 13.5. The van der Waals surface area contributed by atoms with Crippen molar-refractivity contribution in [2.45, 2.75) is 134 Å². The molecular weight excluding hydrogens is 1350 g/mol. The van der Waals surface area contributed by atoms with Crippen molar-refractivity contribution < 1.29 is 110 Å². The molecule has 3 saturated carbocycles. The standard InChI is InChI=1S/C66H109BrClN5O23/c1-8-59(79)96-66(47(2)41-53-52-13-12-50-42-51(74)14-16-63(50,5)65(52,68)55(75)43-64(53,66)6)56(76)45-95-46-70-60(80)48(3)71-61(81)49(4)72-62(82)54(73-58(78)44-67)11-9-10-17-69-57(77)15-18-84-21-22-86-25-26-88-29-30-90-33-34-92-37-38-94-40-39-93-36-35-91-32-31-89-28-27-87-24-23-85-20-19-83-7/h14,16,42,47-49,52-55,75H,8-13,15,17-41,43-46H2,1-7H3,(H,69,77)(H,70,80)(H,71,81)(H,72,82)(H,73,78)/t47-,48-,49-,52-,53?,54-,55-,63-,64-,65-,66?/m0/s1. The van der Waals surface area contributed by atoms with Crippen LogP contribution in [0.4, 0.5) is 0 Å². The first-order chi connectivity index (χ1) is 46.2. The number of ether oxygens (including phenoxy) is 14. The van der Waals surface area contributed by atoms with Crippen LogP contribution in [-0.2, 0) is 105 Å². The Morgan fingerprint density at radius 3 is 1.60 bits per heavy atom. The molecule has 0 spiro atoms. The van der Waals surface area contributed by atoms with Gasteiger partial charge in [0.05, 0.1) is 168 Å². The lowest BCUT2D eigenvalue weighted by atomic mass is 9.45. The van der Waals surface area contributed by atoms with Gasteiger partial charge in [0.25, 0.3) is 0 Å². The van der Waals surface area contributed by atoms with Crippen molar-refractivity contribution in [3.63, 3.8) is 0 Å². The molecule has 11 atom stereocenters. The summed E-state index contributed by atoms with van der Waals surface area (Å²) in [6, 6.07) is -3.25. The third-order valence-corrected chi connectivity index (χ3v) is 19.3. The van der Waals surface area contributed by atoms with Crippen LogP contribution in [0.1, 0.15) is 99.3 Å². The Bertz CT molecular complexity index is 2440. The first-order valence-corrected chi connectivity index (χ1v) is 35.1. The van der Waals surface area contributed by atoms with E-state index in [4.69, 9.17) is 77.9 Å². The summed E-state index contributed by atoms with van der Waals surface area (Å²) < 4.78 is 77.1. The van der Waals surface area contributed by atoms with E-state index in [0.29, 0.717) is 184 Å². The highest BCUT2D eigenvalue weighted by molar-refractivity contribution is 9.09. The van der Waals surface area contributed by atoms with Gasteiger partial charge in [-0.1, -0.05) is 55.3 Å². The Balaban J connectivity index is 0.982. The van der Waals surface area contributed by atoms with Crippen molar-refractivity contribution >= 4 is 74.6 Å². The SMILES string of the molecule is CCC(=O)OC1(C(=O)COCNC(=O)[C@H](C)NC(=O)[C@H](C)NC(=O)[C@H](CCCCNC(=O)CCOCCOCCOCCOCCOCCOCCOCCOCCOCCOCCOCCOC)NC(=O)CBr)[C@@H](C)CC2[C@@H]3CCC4=CC(=O)C=C[C@]4(C)[C@@]3(Cl)[C@@H](O)C[C@@]21C. The molecule has 96 heavy (non-hydrogen) atoms. The van der Waals surface area contributed by atoms with E-state index in [1.54, 1.807) is 26.2 Å². The van der Waals surface area contributed by atoms with Crippen molar-refractivity contribution in [2.24, 2.45) is 28.6 Å². The Kier molecular flexibility index (Phi) is 40.6. The number of rotatable bonds is 55. The van der Waals surface area contributed by atoms with Crippen molar-refractivity contribution in [1.29, 1.82) is 0 Å². The summed E-state index contributed by atoms with van der Waals surface area (Å²) in [5.74, 6) is -4.96. The van der Waals surface area contributed by atoms with E-state index in [9.17, 15) is 43.5 Å². The Labute approximate surface area is 579 Å². The number of aliphatic hydroxyl groups excluding tert-OH is 1. The van der Waals surface area contributed by atoms with Gasteiger partial charge in [0, 0.05) is 43.2 Å². The number of esters is 1. The molecule has 4 aliphatic carbocycles. The molecule has 0 bridgehead atoms. The van der Waals surface area contributed by atoms with Gasteiger partial charge in [-0.25, -0.2) is 0 Å². The highest BCUT2D eigenvalue weighted by Crippen LogP contribution is 2.72. The first-order valence-electron chi connectivity index (χ1n) is 33.6. The van der Waals surface area contributed by atoms with E-state index in [0.717, 1.165) is 5.57 Å². The molecule has 0 aromatic carbocycles. The number of hydrogen-bond acceptors (Lipinski definition) is 23. The highest BCUT2D eigenvalue weighted by Gasteiger charge is 2.76. The van der Waals surface area contributed by atoms with Gasteiger partial charge in [0.2, 0.25) is 35.3 Å². The van der Waals surface area contributed by atoms with E-state index < -0.39 is 100 Å². The zero-order chi connectivity index (χ0) is 70.2. The average Bonchev–Trinajstić information content (AvgIpc) is 1.37. The number of Topliss-reactive ketones (excluding diaryl/α,β-unsaturated/α-hetero) is 1. The zero-order valence-corrected chi connectivity index (χ0v) is 59.8. The van der Waals surface area contributed by atoms with E-state index in [1.807, 2.05) is 20.8 Å². The number of fused-ring (bicyclic) bond motifs is 5. The monoisotopic (exact) mass is 1450 g/mol. The normalized spacial score (nSPS) is 24.4. The predicted molar refractivity (Wildman–Crippen MR) is 354 cm³/mol. The van der Waals surface area contributed by atoms with Crippen molar-refractivity contribution in [3.8, 4) is 0 Å². The lowest BCUT2D eigenvalue weighted by Crippen LogP contribution is -2.69.